The van der Waals surface area contributed by atoms with Crippen LogP contribution in [0.3, 0.4) is 0 Å². The number of ether oxygens (including phenoxy) is 3. The second kappa shape index (κ2) is 22.3. The number of nitrogens with two attached hydrogens (primary N) is 1. The number of aromatic amines is 1. The lowest BCUT2D eigenvalue weighted by Crippen LogP contribution is -2.48. The smallest absolute Gasteiger partial charge is 0.280 e. The van der Waals surface area contributed by atoms with Crippen LogP contribution in [0, 0.1) is 5.82 Å². The van der Waals surface area contributed by atoms with Crippen molar-refractivity contribution >= 4 is 46.6 Å². The Morgan fingerprint density at radius 2 is 1.47 bits per heavy atom. The van der Waals surface area contributed by atoms with Crippen LogP contribution in [-0.4, -0.2) is 102 Å². The van der Waals surface area contributed by atoms with Gasteiger partial charge in [0.2, 0.25) is 17.8 Å². The molecule has 5 rings (SSSR count). The minimum atomic E-state index is -0.902. The standard InChI is InChI=1S/C40H48FN9O7S/c1-27(51)45-33(26-58-40-46-34-35(47-39(42)48-38(34)54)50(40)25-28-5-11-32(41)12-6-28)37(53)44-16-4-20-56-22-24-57-23-21-55-19-3-15-43-36(52)31-9-7-29(8-10-31)30-13-17-49(2)18-14-30/h5-14,17-18,33H,3-4,15-16,19-26H2,1-2H3,(H5-,42,43,44,45,47,48,51,52,53,54)/p+1/t33-/m0/s1. The monoisotopic (exact) mass is 818 g/mol. The lowest BCUT2D eigenvalue weighted by atomic mass is 10.0. The Kier molecular flexibility index (Phi) is 16.7. The van der Waals surface area contributed by atoms with Gasteiger partial charge in [0.05, 0.1) is 33.0 Å². The molecule has 0 aliphatic carbocycles. The van der Waals surface area contributed by atoms with Gasteiger partial charge in [-0.2, -0.15) is 4.98 Å². The summed E-state index contributed by atoms with van der Waals surface area (Å²) in [5.74, 6) is -1.28. The van der Waals surface area contributed by atoms with Crippen molar-refractivity contribution in [2.75, 3.05) is 64.2 Å². The number of anilines is 1. The topological polar surface area (TPSA) is 208 Å². The van der Waals surface area contributed by atoms with Gasteiger partial charge in [0.15, 0.2) is 28.7 Å². The largest absolute Gasteiger partial charge is 0.379 e. The van der Waals surface area contributed by atoms with Crippen LogP contribution in [0.15, 0.2) is 83.0 Å². The number of rotatable bonds is 23. The summed E-state index contributed by atoms with van der Waals surface area (Å²) in [6.45, 7) is 4.80. The molecular formula is C40H49FN9O7S+. The number of halogens is 1. The van der Waals surface area contributed by atoms with Gasteiger partial charge in [0, 0.05) is 56.7 Å². The Labute approximate surface area is 339 Å². The van der Waals surface area contributed by atoms with Gasteiger partial charge in [-0.25, -0.2) is 13.9 Å². The number of aryl methyl sites for hydroxylation is 1. The van der Waals surface area contributed by atoms with Crippen molar-refractivity contribution in [3.8, 4) is 11.1 Å². The van der Waals surface area contributed by atoms with Gasteiger partial charge >= 0.3 is 0 Å². The summed E-state index contributed by atoms with van der Waals surface area (Å²) in [5, 5.41) is 8.78. The van der Waals surface area contributed by atoms with Crippen molar-refractivity contribution < 1.29 is 37.6 Å². The summed E-state index contributed by atoms with van der Waals surface area (Å²) in [4.78, 5) is 61.2. The van der Waals surface area contributed by atoms with Crippen molar-refractivity contribution in [3.05, 3.63) is 100 Å². The second-order valence-corrected chi connectivity index (χ2v) is 14.2. The summed E-state index contributed by atoms with van der Waals surface area (Å²) >= 11 is 1.16. The van der Waals surface area contributed by atoms with E-state index >= 15 is 0 Å². The predicted octanol–water partition coefficient (Wildman–Crippen LogP) is 2.35. The number of hydrogen-bond acceptors (Lipinski definition) is 11. The maximum Gasteiger partial charge on any atom is 0.280 e. The van der Waals surface area contributed by atoms with Gasteiger partial charge in [-0.05, 0) is 53.8 Å². The number of nitrogens with one attached hydrogen (secondary N) is 4. The molecule has 3 aromatic heterocycles. The molecule has 18 heteroatoms. The molecular weight excluding hydrogens is 770 g/mol. The molecule has 3 amide bonds. The molecule has 0 radical (unpaired) electrons. The quantitative estimate of drug-likeness (QED) is 0.0367. The third-order valence-electron chi connectivity index (χ3n) is 8.63. The molecule has 0 aliphatic rings. The highest BCUT2D eigenvalue weighted by Crippen LogP contribution is 2.24. The van der Waals surface area contributed by atoms with Gasteiger partial charge in [-0.1, -0.05) is 36.0 Å². The average molecular weight is 819 g/mol. The normalized spacial score (nSPS) is 11.7. The number of amides is 3. The van der Waals surface area contributed by atoms with E-state index in [1.165, 1.54) is 19.1 Å². The minimum absolute atomic E-state index is 0.0596. The second-order valence-electron chi connectivity index (χ2n) is 13.2. The van der Waals surface area contributed by atoms with Gasteiger partial charge in [0.1, 0.15) is 18.9 Å². The van der Waals surface area contributed by atoms with E-state index in [-0.39, 0.29) is 47.0 Å². The van der Waals surface area contributed by atoms with E-state index in [4.69, 9.17) is 19.9 Å². The lowest BCUT2D eigenvalue weighted by Gasteiger charge is -2.17. The Balaban J connectivity index is 0.919. The zero-order valence-electron chi connectivity index (χ0n) is 32.5. The number of H-pyrrole nitrogens is 1. The summed E-state index contributed by atoms with van der Waals surface area (Å²) in [7, 11) is 1.97. The number of carbonyl (C=O) groups excluding carboxylic acids is 3. The Bertz CT molecular complexity index is 2170. The molecule has 0 unspecified atom stereocenters. The highest BCUT2D eigenvalue weighted by molar-refractivity contribution is 7.99. The molecule has 1 atom stereocenters. The summed E-state index contributed by atoms with van der Waals surface area (Å²) in [6, 6.07) is 16.6. The van der Waals surface area contributed by atoms with E-state index in [0.29, 0.717) is 76.3 Å². The van der Waals surface area contributed by atoms with Crippen LogP contribution >= 0.6 is 11.8 Å². The van der Waals surface area contributed by atoms with Crippen LogP contribution in [0.1, 0.15) is 35.7 Å². The molecule has 0 bridgehead atoms. The molecule has 308 valence electrons. The van der Waals surface area contributed by atoms with E-state index in [1.807, 2.05) is 60.4 Å². The number of fused-ring (bicyclic) bond motifs is 1. The van der Waals surface area contributed by atoms with Crippen LogP contribution in [0.5, 0.6) is 0 Å². The van der Waals surface area contributed by atoms with Crippen LogP contribution < -0.4 is 31.8 Å². The lowest BCUT2D eigenvalue weighted by molar-refractivity contribution is -0.671. The summed E-state index contributed by atoms with van der Waals surface area (Å²) in [5.41, 5.74) is 9.04. The van der Waals surface area contributed by atoms with Crippen LogP contribution in [0.2, 0.25) is 0 Å². The third kappa shape index (κ3) is 13.5. The maximum atomic E-state index is 13.5. The maximum absolute atomic E-state index is 13.5. The van der Waals surface area contributed by atoms with Crippen molar-refractivity contribution in [1.82, 2.24) is 35.5 Å². The summed E-state index contributed by atoms with van der Waals surface area (Å²) < 4.78 is 33.9. The Hall–Kier alpha value is -5.69. The number of carbonyl (C=O) groups is 3. The van der Waals surface area contributed by atoms with Crippen LogP contribution in [0.25, 0.3) is 22.3 Å². The van der Waals surface area contributed by atoms with Gasteiger partial charge in [0.25, 0.3) is 11.5 Å². The van der Waals surface area contributed by atoms with Gasteiger partial charge < -0.3 is 35.9 Å². The number of aromatic nitrogens is 5. The van der Waals surface area contributed by atoms with Crippen LogP contribution in [-0.2, 0) is 37.4 Å². The van der Waals surface area contributed by atoms with E-state index in [0.717, 1.165) is 28.5 Å². The summed E-state index contributed by atoms with van der Waals surface area (Å²) in [6.07, 6.45) is 5.17. The molecule has 0 saturated carbocycles. The van der Waals surface area contributed by atoms with Crippen molar-refractivity contribution in [2.24, 2.45) is 7.05 Å². The fourth-order valence-electron chi connectivity index (χ4n) is 5.66. The number of benzene rings is 2. The van der Waals surface area contributed by atoms with Crippen LogP contribution in [0.4, 0.5) is 10.3 Å². The first kappa shape index (κ1) is 43.4. The SMILES string of the molecule is CC(=O)N[C@@H](CSc1nc2c(=O)[nH]c(N)nc2n1Cc1ccc(F)cc1)C(=O)NCCCOCCOCCOCCCNC(=O)c1ccc(-c2cc[n+](C)cc2)cc1. The molecule has 0 aliphatic heterocycles. The first-order chi connectivity index (χ1) is 28.1. The molecule has 0 spiro atoms. The molecule has 58 heavy (non-hydrogen) atoms. The van der Waals surface area contributed by atoms with Gasteiger partial charge in [-0.15, -0.1) is 0 Å². The van der Waals surface area contributed by atoms with Gasteiger partial charge in [-0.3, -0.25) is 28.7 Å². The highest BCUT2D eigenvalue weighted by atomic mass is 32.2. The molecule has 5 aromatic rings. The number of thioether (sulfide) groups is 1. The Morgan fingerprint density at radius 3 is 2.10 bits per heavy atom. The number of pyridine rings is 1. The van der Waals surface area contributed by atoms with Crippen molar-refractivity contribution in [3.63, 3.8) is 0 Å². The molecule has 16 nitrogen and oxygen atoms in total. The zero-order valence-corrected chi connectivity index (χ0v) is 33.3. The van der Waals surface area contributed by atoms with Crippen molar-refractivity contribution in [1.29, 1.82) is 0 Å². The predicted molar refractivity (Wildman–Crippen MR) is 216 cm³/mol. The first-order valence-corrected chi connectivity index (χ1v) is 19.8. The minimum Gasteiger partial charge on any atom is -0.379 e. The fourth-order valence-corrected chi connectivity index (χ4v) is 6.67. The third-order valence-corrected chi connectivity index (χ3v) is 9.70. The first-order valence-electron chi connectivity index (χ1n) is 18.8. The Morgan fingerprint density at radius 1 is 0.862 bits per heavy atom. The number of nitrogen functional groups attached to an aromatic ring is 1. The van der Waals surface area contributed by atoms with E-state index in [2.05, 4.69) is 30.9 Å². The zero-order chi connectivity index (χ0) is 41.3. The van der Waals surface area contributed by atoms with E-state index < -0.39 is 17.5 Å². The molecule has 0 saturated heterocycles. The molecule has 0 fully saturated rings. The van der Waals surface area contributed by atoms with Crippen molar-refractivity contribution in [2.45, 2.75) is 37.5 Å². The van der Waals surface area contributed by atoms with E-state index in [9.17, 15) is 23.6 Å². The molecule has 6 N–H and O–H groups in total. The number of nitrogens with zero attached hydrogens (tertiary/aromatic N) is 4. The highest BCUT2D eigenvalue weighted by Gasteiger charge is 2.23. The average Bonchev–Trinajstić information content (AvgIpc) is 3.55. The fraction of sp³-hybridized carbons (Fsp3) is 0.375. The van der Waals surface area contributed by atoms with E-state index in [1.54, 1.807) is 16.7 Å². The molecule has 3 heterocycles. The molecule has 2 aromatic carbocycles. The number of hydrogen-bond donors (Lipinski definition) is 5. The number of imidazole rings is 1.